The molecule has 1 heterocycles. The molecular formula is C15H18BrNO3. The van der Waals surface area contributed by atoms with Gasteiger partial charge in [-0.1, -0.05) is 22.9 Å². The number of piperidine rings is 1. The van der Waals surface area contributed by atoms with Crippen LogP contribution in [0, 0.1) is 18.8 Å². The van der Waals surface area contributed by atoms with E-state index in [0.717, 1.165) is 10.0 Å². The summed E-state index contributed by atoms with van der Waals surface area (Å²) < 4.78 is 0.932. The van der Waals surface area contributed by atoms with Crippen LogP contribution in [-0.2, 0) is 4.79 Å². The Morgan fingerprint density at radius 2 is 2.05 bits per heavy atom. The molecule has 5 heteroatoms. The third kappa shape index (κ3) is 3.20. The van der Waals surface area contributed by atoms with Gasteiger partial charge in [-0.15, -0.1) is 0 Å². The predicted octanol–water partition coefficient (Wildman–Crippen LogP) is 2.94. The summed E-state index contributed by atoms with van der Waals surface area (Å²) in [6, 6.07) is 5.52. The van der Waals surface area contributed by atoms with Crippen LogP contribution in [0.15, 0.2) is 22.7 Å². The second kappa shape index (κ2) is 5.95. The first-order valence-electron chi connectivity index (χ1n) is 6.66. The summed E-state index contributed by atoms with van der Waals surface area (Å²) in [6.45, 7) is 4.80. The molecule has 0 saturated carbocycles. The van der Waals surface area contributed by atoms with E-state index in [2.05, 4.69) is 15.9 Å². The number of carbonyl (C=O) groups excluding carboxylic acids is 1. The Kier molecular flexibility index (Phi) is 4.48. The van der Waals surface area contributed by atoms with Gasteiger partial charge in [0.1, 0.15) is 0 Å². The molecule has 2 unspecified atom stereocenters. The van der Waals surface area contributed by atoms with Crippen molar-refractivity contribution in [2.24, 2.45) is 11.8 Å². The Balaban J connectivity index is 2.21. The second-order valence-electron chi connectivity index (χ2n) is 5.55. The van der Waals surface area contributed by atoms with Gasteiger partial charge in [0.15, 0.2) is 0 Å². The Labute approximate surface area is 126 Å². The van der Waals surface area contributed by atoms with Gasteiger partial charge in [0, 0.05) is 23.1 Å². The normalized spacial score (nSPS) is 22.6. The lowest BCUT2D eigenvalue weighted by molar-refractivity contribution is -0.143. The molecule has 4 nitrogen and oxygen atoms in total. The molecule has 108 valence electrons. The quantitative estimate of drug-likeness (QED) is 0.901. The van der Waals surface area contributed by atoms with E-state index in [1.807, 2.05) is 26.0 Å². The summed E-state index contributed by atoms with van der Waals surface area (Å²) in [4.78, 5) is 25.4. The lowest BCUT2D eigenvalue weighted by atomic mass is 9.90. The molecular weight excluding hydrogens is 322 g/mol. The zero-order valence-corrected chi connectivity index (χ0v) is 13.2. The van der Waals surface area contributed by atoms with Crippen molar-refractivity contribution in [2.45, 2.75) is 20.3 Å². The van der Waals surface area contributed by atoms with E-state index in [1.54, 1.807) is 11.0 Å². The largest absolute Gasteiger partial charge is 0.481 e. The number of carboxylic acid groups (broad SMARTS) is 1. The zero-order chi connectivity index (χ0) is 14.9. The van der Waals surface area contributed by atoms with E-state index >= 15 is 0 Å². The number of halogens is 1. The zero-order valence-electron chi connectivity index (χ0n) is 11.6. The number of nitrogens with zero attached hydrogens (tertiary/aromatic N) is 1. The van der Waals surface area contributed by atoms with E-state index < -0.39 is 11.9 Å². The number of likely N-dealkylation sites (tertiary alicyclic amines) is 1. The minimum absolute atomic E-state index is 0.0761. The van der Waals surface area contributed by atoms with Crippen molar-refractivity contribution in [3.8, 4) is 0 Å². The van der Waals surface area contributed by atoms with Crippen LogP contribution in [0.4, 0.5) is 0 Å². The Morgan fingerprint density at radius 1 is 1.35 bits per heavy atom. The number of carboxylic acids is 1. The van der Waals surface area contributed by atoms with Crippen molar-refractivity contribution >= 4 is 27.8 Å². The number of rotatable bonds is 2. The van der Waals surface area contributed by atoms with E-state index in [0.29, 0.717) is 25.1 Å². The summed E-state index contributed by atoms with van der Waals surface area (Å²) in [5.41, 5.74) is 1.54. The number of aliphatic carboxylic acids is 1. The van der Waals surface area contributed by atoms with Crippen LogP contribution in [0.3, 0.4) is 0 Å². The molecule has 1 aliphatic heterocycles. The summed E-state index contributed by atoms with van der Waals surface area (Å²) in [7, 11) is 0. The van der Waals surface area contributed by atoms with E-state index in [1.165, 1.54) is 0 Å². The molecule has 2 rings (SSSR count). The van der Waals surface area contributed by atoms with Crippen LogP contribution in [-0.4, -0.2) is 35.0 Å². The van der Waals surface area contributed by atoms with E-state index in [9.17, 15) is 14.7 Å². The van der Waals surface area contributed by atoms with Gasteiger partial charge in [-0.05, 0) is 43.0 Å². The van der Waals surface area contributed by atoms with Gasteiger partial charge < -0.3 is 10.0 Å². The number of hydrogen-bond acceptors (Lipinski definition) is 2. The Morgan fingerprint density at radius 3 is 2.65 bits per heavy atom. The average Bonchev–Trinajstić information content (AvgIpc) is 2.37. The van der Waals surface area contributed by atoms with Crippen LogP contribution < -0.4 is 0 Å². The highest BCUT2D eigenvalue weighted by molar-refractivity contribution is 9.10. The highest BCUT2D eigenvalue weighted by Crippen LogP contribution is 2.25. The smallest absolute Gasteiger partial charge is 0.308 e. The predicted molar refractivity (Wildman–Crippen MR) is 79.7 cm³/mol. The lowest BCUT2D eigenvalue weighted by Gasteiger charge is -2.35. The van der Waals surface area contributed by atoms with Gasteiger partial charge >= 0.3 is 5.97 Å². The molecule has 0 spiro atoms. The van der Waals surface area contributed by atoms with Gasteiger partial charge in [0.2, 0.25) is 0 Å². The van der Waals surface area contributed by atoms with Gasteiger partial charge in [-0.2, -0.15) is 0 Å². The summed E-state index contributed by atoms with van der Waals surface area (Å²) >= 11 is 3.38. The van der Waals surface area contributed by atoms with E-state index in [4.69, 9.17) is 0 Å². The fourth-order valence-corrected chi connectivity index (χ4v) is 3.21. The van der Waals surface area contributed by atoms with Gasteiger partial charge in [-0.25, -0.2) is 0 Å². The van der Waals surface area contributed by atoms with Crippen LogP contribution in [0.25, 0.3) is 0 Å². The molecule has 1 aromatic carbocycles. The maximum absolute atomic E-state index is 12.6. The van der Waals surface area contributed by atoms with Crippen molar-refractivity contribution in [1.29, 1.82) is 0 Å². The molecule has 20 heavy (non-hydrogen) atoms. The van der Waals surface area contributed by atoms with Crippen LogP contribution in [0.2, 0.25) is 0 Å². The number of aryl methyl sites for hydroxylation is 1. The third-order valence-corrected chi connectivity index (χ3v) is 4.21. The average molecular weight is 340 g/mol. The number of carbonyl (C=O) groups is 2. The highest BCUT2D eigenvalue weighted by atomic mass is 79.9. The van der Waals surface area contributed by atoms with Crippen LogP contribution >= 0.6 is 15.9 Å². The fourth-order valence-electron chi connectivity index (χ4n) is 2.73. The van der Waals surface area contributed by atoms with Gasteiger partial charge in [-0.3, -0.25) is 9.59 Å². The lowest BCUT2D eigenvalue weighted by Crippen LogP contribution is -2.45. The van der Waals surface area contributed by atoms with Crippen molar-refractivity contribution < 1.29 is 14.7 Å². The minimum atomic E-state index is -0.818. The maximum atomic E-state index is 12.6. The monoisotopic (exact) mass is 339 g/mol. The summed E-state index contributed by atoms with van der Waals surface area (Å²) in [5.74, 6) is -1.14. The molecule has 1 aliphatic rings. The van der Waals surface area contributed by atoms with Crippen molar-refractivity contribution in [1.82, 2.24) is 4.90 Å². The number of hydrogen-bond donors (Lipinski definition) is 1. The standard InChI is InChI=1S/C15H18BrNO3/c1-9-5-11(15(19)20)8-17(7-9)14(18)13-4-3-12(16)6-10(13)2/h3-4,6,9,11H,5,7-8H2,1-2H3,(H,19,20). The molecule has 0 radical (unpaired) electrons. The molecule has 0 aliphatic carbocycles. The topological polar surface area (TPSA) is 57.6 Å². The molecule has 1 aromatic rings. The van der Waals surface area contributed by atoms with Crippen LogP contribution in [0.5, 0.6) is 0 Å². The second-order valence-corrected chi connectivity index (χ2v) is 6.46. The highest BCUT2D eigenvalue weighted by Gasteiger charge is 2.32. The van der Waals surface area contributed by atoms with Crippen LogP contribution in [0.1, 0.15) is 29.3 Å². The summed E-state index contributed by atoms with van der Waals surface area (Å²) in [5, 5.41) is 9.17. The Hall–Kier alpha value is -1.36. The van der Waals surface area contributed by atoms with Gasteiger partial charge in [0.25, 0.3) is 5.91 Å². The maximum Gasteiger partial charge on any atom is 0.308 e. The molecule has 1 fully saturated rings. The first-order chi connectivity index (χ1) is 9.38. The van der Waals surface area contributed by atoms with Crippen molar-refractivity contribution in [3.05, 3.63) is 33.8 Å². The summed E-state index contributed by atoms with van der Waals surface area (Å²) in [6.07, 6.45) is 0.637. The fraction of sp³-hybridized carbons (Fsp3) is 0.467. The first-order valence-corrected chi connectivity index (χ1v) is 7.46. The number of benzene rings is 1. The van der Waals surface area contributed by atoms with Crippen molar-refractivity contribution in [2.75, 3.05) is 13.1 Å². The molecule has 2 atom stereocenters. The molecule has 1 amide bonds. The van der Waals surface area contributed by atoms with Crippen molar-refractivity contribution in [3.63, 3.8) is 0 Å². The Bertz CT molecular complexity index is 544. The molecule has 1 saturated heterocycles. The number of amides is 1. The SMILES string of the molecule is Cc1cc(Br)ccc1C(=O)N1CC(C)CC(C(=O)O)C1. The minimum Gasteiger partial charge on any atom is -0.481 e. The van der Waals surface area contributed by atoms with Gasteiger partial charge in [0.05, 0.1) is 5.92 Å². The van der Waals surface area contributed by atoms with E-state index in [-0.39, 0.29) is 11.8 Å². The first kappa shape index (κ1) is 15.0. The molecule has 0 aromatic heterocycles. The third-order valence-electron chi connectivity index (χ3n) is 3.72. The molecule has 0 bridgehead atoms. The molecule has 1 N–H and O–H groups in total.